The number of nitrogens with zero attached hydrogens (tertiary/aromatic N) is 1. The molecule has 2 aliphatic carbocycles. The number of urea groups is 1. The molecular formula is C15H26N2O2. The Morgan fingerprint density at radius 2 is 1.84 bits per heavy atom. The fourth-order valence-electron chi connectivity index (χ4n) is 3.41. The number of hydrogen-bond donors (Lipinski definition) is 1. The fourth-order valence-corrected chi connectivity index (χ4v) is 3.41. The largest absolute Gasteiger partial charge is 0.376 e. The number of amides is 2. The highest BCUT2D eigenvalue weighted by molar-refractivity contribution is 5.74. The normalized spacial score (nSPS) is 28.5. The van der Waals surface area contributed by atoms with E-state index in [0.717, 1.165) is 31.3 Å². The molecule has 0 aromatic heterocycles. The smallest absolute Gasteiger partial charge is 0.317 e. The van der Waals surface area contributed by atoms with Crippen molar-refractivity contribution in [3.8, 4) is 0 Å². The Kier molecular flexibility index (Phi) is 3.70. The number of hydrogen-bond acceptors (Lipinski definition) is 2. The summed E-state index contributed by atoms with van der Waals surface area (Å²) >= 11 is 0. The second-order valence-electron chi connectivity index (χ2n) is 6.57. The van der Waals surface area contributed by atoms with Gasteiger partial charge in [-0.3, -0.25) is 0 Å². The molecule has 0 radical (unpaired) electrons. The molecule has 1 saturated heterocycles. The summed E-state index contributed by atoms with van der Waals surface area (Å²) in [5.74, 6) is 1.53. The maximum absolute atomic E-state index is 12.4. The van der Waals surface area contributed by atoms with Crippen molar-refractivity contribution >= 4 is 6.03 Å². The fraction of sp³-hybridized carbons (Fsp3) is 0.933. The monoisotopic (exact) mass is 266 g/mol. The van der Waals surface area contributed by atoms with Gasteiger partial charge < -0.3 is 15.0 Å². The zero-order valence-electron chi connectivity index (χ0n) is 12.1. The summed E-state index contributed by atoms with van der Waals surface area (Å²) in [5.41, 5.74) is 0. The molecule has 2 unspecified atom stereocenters. The first kappa shape index (κ1) is 13.2. The minimum absolute atomic E-state index is 0.0896. The molecule has 0 bridgehead atoms. The lowest BCUT2D eigenvalue weighted by Gasteiger charge is -2.31. The summed E-state index contributed by atoms with van der Waals surface area (Å²) in [4.78, 5) is 14.3. The van der Waals surface area contributed by atoms with Crippen molar-refractivity contribution < 1.29 is 9.53 Å². The lowest BCUT2D eigenvalue weighted by atomic mass is 10.1. The van der Waals surface area contributed by atoms with Gasteiger partial charge >= 0.3 is 6.03 Å². The Balaban J connectivity index is 1.53. The van der Waals surface area contributed by atoms with Crippen LogP contribution in [0.25, 0.3) is 0 Å². The van der Waals surface area contributed by atoms with Crippen molar-refractivity contribution in [2.75, 3.05) is 13.7 Å². The number of rotatable bonds is 5. The van der Waals surface area contributed by atoms with Crippen LogP contribution in [-0.2, 0) is 4.74 Å². The van der Waals surface area contributed by atoms with Gasteiger partial charge in [0.25, 0.3) is 0 Å². The number of carbonyl (C=O) groups is 1. The molecule has 19 heavy (non-hydrogen) atoms. The SMILES string of the molecule is CC(NC(=O)N(C)C(C1CC1)C1CC1)C1CCCO1. The molecular weight excluding hydrogens is 240 g/mol. The van der Waals surface area contributed by atoms with Crippen LogP contribution in [0, 0.1) is 11.8 Å². The number of carbonyl (C=O) groups excluding carboxylic acids is 1. The van der Waals surface area contributed by atoms with Crippen molar-refractivity contribution in [1.82, 2.24) is 10.2 Å². The molecule has 3 rings (SSSR count). The van der Waals surface area contributed by atoms with E-state index >= 15 is 0 Å². The quantitative estimate of drug-likeness (QED) is 0.830. The van der Waals surface area contributed by atoms with E-state index in [2.05, 4.69) is 12.2 Å². The van der Waals surface area contributed by atoms with E-state index in [1.165, 1.54) is 25.7 Å². The van der Waals surface area contributed by atoms with Crippen LogP contribution in [0.4, 0.5) is 4.79 Å². The van der Waals surface area contributed by atoms with Gasteiger partial charge in [-0.1, -0.05) is 0 Å². The van der Waals surface area contributed by atoms with Crippen molar-refractivity contribution in [2.45, 2.75) is 63.6 Å². The Hall–Kier alpha value is -0.770. The minimum Gasteiger partial charge on any atom is -0.376 e. The molecule has 1 heterocycles. The van der Waals surface area contributed by atoms with Crippen LogP contribution in [0.2, 0.25) is 0 Å². The summed E-state index contributed by atoms with van der Waals surface area (Å²) < 4.78 is 5.64. The minimum atomic E-state index is 0.0896. The topological polar surface area (TPSA) is 41.6 Å². The maximum atomic E-state index is 12.4. The van der Waals surface area contributed by atoms with Gasteiger partial charge in [-0.15, -0.1) is 0 Å². The van der Waals surface area contributed by atoms with E-state index in [1.54, 1.807) is 0 Å². The molecule has 108 valence electrons. The second-order valence-corrected chi connectivity index (χ2v) is 6.57. The molecule has 3 fully saturated rings. The second kappa shape index (κ2) is 5.31. The third-order valence-corrected chi connectivity index (χ3v) is 4.85. The van der Waals surface area contributed by atoms with Gasteiger partial charge in [0, 0.05) is 19.7 Å². The van der Waals surface area contributed by atoms with E-state index in [-0.39, 0.29) is 18.2 Å². The van der Waals surface area contributed by atoms with E-state index in [1.807, 2.05) is 11.9 Å². The van der Waals surface area contributed by atoms with Gasteiger partial charge in [-0.05, 0) is 57.3 Å². The van der Waals surface area contributed by atoms with Gasteiger partial charge in [-0.2, -0.15) is 0 Å². The highest BCUT2D eigenvalue weighted by Gasteiger charge is 2.45. The summed E-state index contributed by atoms with van der Waals surface area (Å²) in [6, 6.07) is 0.694. The number of ether oxygens (including phenoxy) is 1. The van der Waals surface area contributed by atoms with Gasteiger partial charge in [0.1, 0.15) is 0 Å². The Labute approximate surface area is 115 Å². The van der Waals surface area contributed by atoms with E-state index < -0.39 is 0 Å². The third-order valence-electron chi connectivity index (χ3n) is 4.85. The Bertz CT molecular complexity index is 321. The van der Waals surface area contributed by atoms with Crippen LogP contribution in [-0.4, -0.2) is 42.8 Å². The summed E-state index contributed by atoms with van der Waals surface area (Å²) in [7, 11) is 1.97. The number of nitrogens with one attached hydrogen (secondary N) is 1. The molecule has 2 atom stereocenters. The maximum Gasteiger partial charge on any atom is 0.317 e. The zero-order valence-corrected chi connectivity index (χ0v) is 12.1. The first-order valence-electron chi connectivity index (χ1n) is 7.81. The van der Waals surface area contributed by atoms with Crippen LogP contribution in [0.3, 0.4) is 0 Å². The molecule has 2 saturated carbocycles. The van der Waals surface area contributed by atoms with Crippen LogP contribution in [0.1, 0.15) is 45.4 Å². The first-order chi connectivity index (χ1) is 9.16. The highest BCUT2D eigenvalue weighted by Crippen LogP contribution is 2.46. The average Bonchev–Trinajstić information content (AvgIpc) is 3.32. The Morgan fingerprint density at radius 3 is 2.32 bits per heavy atom. The van der Waals surface area contributed by atoms with Gasteiger partial charge in [0.05, 0.1) is 12.1 Å². The lowest BCUT2D eigenvalue weighted by Crippen LogP contribution is -2.50. The average molecular weight is 266 g/mol. The zero-order chi connectivity index (χ0) is 13.4. The van der Waals surface area contributed by atoms with Crippen molar-refractivity contribution in [2.24, 2.45) is 11.8 Å². The van der Waals surface area contributed by atoms with Crippen LogP contribution >= 0.6 is 0 Å². The third kappa shape index (κ3) is 3.04. The lowest BCUT2D eigenvalue weighted by molar-refractivity contribution is 0.0819. The predicted octanol–water partition coefficient (Wildman–Crippen LogP) is 2.38. The van der Waals surface area contributed by atoms with Gasteiger partial charge in [-0.25, -0.2) is 4.79 Å². The molecule has 3 aliphatic rings. The molecule has 4 heteroatoms. The summed E-state index contributed by atoms with van der Waals surface area (Å²) in [5, 5.41) is 3.13. The molecule has 1 aliphatic heterocycles. The van der Waals surface area contributed by atoms with Crippen LogP contribution < -0.4 is 5.32 Å². The van der Waals surface area contributed by atoms with Gasteiger partial charge in [0.2, 0.25) is 0 Å². The van der Waals surface area contributed by atoms with Crippen molar-refractivity contribution in [3.63, 3.8) is 0 Å². The summed E-state index contributed by atoms with van der Waals surface area (Å²) in [6.07, 6.45) is 7.62. The van der Waals surface area contributed by atoms with Crippen molar-refractivity contribution in [1.29, 1.82) is 0 Å². The molecule has 0 aromatic rings. The van der Waals surface area contributed by atoms with Gasteiger partial charge in [0.15, 0.2) is 0 Å². The first-order valence-corrected chi connectivity index (χ1v) is 7.81. The van der Waals surface area contributed by atoms with E-state index in [0.29, 0.717) is 6.04 Å². The molecule has 1 N–H and O–H groups in total. The standard InChI is InChI=1S/C15H26N2O2/c1-10(13-4-3-9-19-13)16-15(18)17(2)14(11-5-6-11)12-7-8-12/h10-14H,3-9H2,1-2H3,(H,16,18). The predicted molar refractivity (Wildman–Crippen MR) is 74.0 cm³/mol. The van der Waals surface area contributed by atoms with E-state index in [9.17, 15) is 4.79 Å². The van der Waals surface area contributed by atoms with Crippen LogP contribution in [0.15, 0.2) is 0 Å². The van der Waals surface area contributed by atoms with Crippen LogP contribution in [0.5, 0.6) is 0 Å². The van der Waals surface area contributed by atoms with E-state index in [4.69, 9.17) is 4.74 Å². The highest BCUT2D eigenvalue weighted by atomic mass is 16.5. The molecule has 4 nitrogen and oxygen atoms in total. The van der Waals surface area contributed by atoms with Crippen molar-refractivity contribution in [3.05, 3.63) is 0 Å². The summed E-state index contributed by atoms with van der Waals surface area (Å²) in [6.45, 7) is 2.90. The Morgan fingerprint density at radius 1 is 1.21 bits per heavy atom. The molecule has 0 spiro atoms. The molecule has 0 aromatic carbocycles. The molecule has 2 amide bonds.